The van der Waals surface area contributed by atoms with Crippen LogP contribution in [0.3, 0.4) is 0 Å². The van der Waals surface area contributed by atoms with Crippen LogP contribution in [-0.4, -0.2) is 23.0 Å². The average molecular weight is 273 g/mol. The van der Waals surface area contributed by atoms with Gasteiger partial charge >= 0.3 is 5.97 Å². The standard InChI is InChI=1S/C13H15N5O2/c1-20-12(19)11(8-5-3-2-4-6-8)17-10-7-9(14)16-13(15)18-10/h2-7,11H,1H3,(H5,14,15,16,17,18). The maximum atomic E-state index is 11.9. The van der Waals surface area contributed by atoms with Crippen molar-refractivity contribution >= 4 is 23.6 Å². The summed E-state index contributed by atoms with van der Waals surface area (Å²) < 4.78 is 4.79. The Morgan fingerprint density at radius 1 is 1.25 bits per heavy atom. The lowest BCUT2D eigenvalue weighted by atomic mass is 10.1. The molecule has 0 bridgehead atoms. The molecular formula is C13H15N5O2. The zero-order valence-electron chi connectivity index (χ0n) is 10.9. The number of nitrogens with one attached hydrogen (secondary N) is 1. The van der Waals surface area contributed by atoms with Crippen molar-refractivity contribution in [2.45, 2.75) is 6.04 Å². The van der Waals surface area contributed by atoms with Crippen LogP contribution in [0, 0.1) is 0 Å². The maximum absolute atomic E-state index is 11.9. The topological polar surface area (TPSA) is 116 Å². The quantitative estimate of drug-likeness (QED) is 0.710. The highest BCUT2D eigenvalue weighted by atomic mass is 16.5. The van der Waals surface area contributed by atoms with Crippen LogP contribution in [0.25, 0.3) is 0 Å². The third-order valence-electron chi connectivity index (χ3n) is 2.63. The Hall–Kier alpha value is -2.83. The van der Waals surface area contributed by atoms with E-state index in [9.17, 15) is 4.79 Å². The Balaban J connectivity index is 2.31. The monoisotopic (exact) mass is 273 g/mol. The first kappa shape index (κ1) is 13.6. The average Bonchev–Trinajstić information content (AvgIpc) is 2.44. The van der Waals surface area contributed by atoms with E-state index in [2.05, 4.69) is 15.3 Å². The van der Waals surface area contributed by atoms with Crippen LogP contribution < -0.4 is 16.8 Å². The second kappa shape index (κ2) is 5.87. The number of anilines is 3. The van der Waals surface area contributed by atoms with Gasteiger partial charge in [0.15, 0.2) is 6.04 Å². The molecule has 0 saturated heterocycles. The zero-order valence-corrected chi connectivity index (χ0v) is 10.9. The number of rotatable bonds is 4. The van der Waals surface area contributed by atoms with Crippen molar-refractivity contribution in [1.29, 1.82) is 0 Å². The van der Waals surface area contributed by atoms with E-state index in [1.165, 1.54) is 13.2 Å². The van der Waals surface area contributed by atoms with Gasteiger partial charge in [0.05, 0.1) is 7.11 Å². The van der Waals surface area contributed by atoms with Gasteiger partial charge in [-0.1, -0.05) is 30.3 Å². The largest absolute Gasteiger partial charge is 0.467 e. The summed E-state index contributed by atoms with van der Waals surface area (Å²) in [6, 6.07) is 9.93. The Kier molecular flexibility index (Phi) is 3.99. The van der Waals surface area contributed by atoms with Crippen LogP contribution in [0.2, 0.25) is 0 Å². The molecule has 20 heavy (non-hydrogen) atoms. The lowest BCUT2D eigenvalue weighted by Crippen LogP contribution is -2.23. The van der Waals surface area contributed by atoms with Crippen LogP contribution in [-0.2, 0) is 9.53 Å². The van der Waals surface area contributed by atoms with Crippen LogP contribution in [0.4, 0.5) is 17.6 Å². The van der Waals surface area contributed by atoms with Crippen molar-refractivity contribution in [3.8, 4) is 0 Å². The van der Waals surface area contributed by atoms with Crippen molar-refractivity contribution in [2.24, 2.45) is 0 Å². The number of carbonyl (C=O) groups is 1. The van der Waals surface area contributed by atoms with E-state index in [1.54, 1.807) is 0 Å². The first-order chi connectivity index (χ1) is 9.60. The van der Waals surface area contributed by atoms with Crippen LogP contribution in [0.15, 0.2) is 36.4 Å². The van der Waals surface area contributed by atoms with Gasteiger partial charge in [0.2, 0.25) is 5.95 Å². The summed E-state index contributed by atoms with van der Waals surface area (Å²) in [5.74, 6) is 0.169. The normalized spacial score (nSPS) is 11.7. The molecular weight excluding hydrogens is 258 g/mol. The molecule has 0 amide bonds. The number of nitrogens with zero attached hydrogens (tertiary/aromatic N) is 2. The number of hydrogen-bond acceptors (Lipinski definition) is 7. The number of carbonyl (C=O) groups excluding carboxylic acids is 1. The van der Waals surface area contributed by atoms with Gasteiger partial charge in [0, 0.05) is 6.07 Å². The summed E-state index contributed by atoms with van der Waals surface area (Å²) in [6.45, 7) is 0. The van der Waals surface area contributed by atoms with Gasteiger partial charge in [-0.2, -0.15) is 9.97 Å². The minimum atomic E-state index is -0.699. The van der Waals surface area contributed by atoms with Crippen LogP contribution in [0.1, 0.15) is 11.6 Å². The highest BCUT2D eigenvalue weighted by Crippen LogP contribution is 2.20. The van der Waals surface area contributed by atoms with Gasteiger partial charge in [-0.05, 0) is 5.56 Å². The zero-order chi connectivity index (χ0) is 14.5. The lowest BCUT2D eigenvalue weighted by Gasteiger charge is -2.17. The molecule has 7 heteroatoms. The molecule has 0 aliphatic rings. The molecule has 0 aliphatic heterocycles. The minimum Gasteiger partial charge on any atom is -0.467 e. The Labute approximate surface area is 116 Å². The fraction of sp³-hybridized carbons (Fsp3) is 0.154. The molecule has 0 fully saturated rings. The highest BCUT2D eigenvalue weighted by molar-refractivity contribution is 5.80. The minimum absolute atomic E-state index is 0.0316. The number of benzene rings is 1. The van der Waals surface area contributed by atoms with Crippen LogP contribution >= 0.6 is 0 Å². The van der Waals surface area contributed by atoms with E-state index >= 15 is 0 Å². The number of ether oxygens (including phenoxy) is 1. The molecule has 104 valence electrons. The molecule has 0 saturated carbocycles. The van der Waals surface area contributed by atoms with Gasteiger partial charge < -0.3 is 21.5 Å². The third-order valence-corrected chi connectivity index (χ3v) is 2.63. The lowest BCUT2D eigenvalue weighted by molar-refractivity contribution is -0.141. The number of aromatic nitrogens is 2. The van der Waals surface area contributed by atoms with E-state index < -0.39 is 12.0 Å². The number of methoxy groups -OCH3 is 1. The SMILES string of the molecule is COC(=O)C(Nc1cc(N)nc(N)n1)c1ccccc1. The van der Waals surface area contributed by atoms with Gasteiger partial charge in [0.25, 0.3) is 0 Å². The molecule has 1 atom stereocenters. The molecule has 1 heterocycles. The number of esters is 1. The molecule has 2 rings (SSSR count). The molecule has 5 N–H and O–H groups in total. The van der Waals surface area contributed by atoms with Crippen molar-refractivity contribution in [3.05, 3.63) is 42.0 Å². The summed E-state index contributed by atoms with van der Waals surface area (Å²) in [5.41, 5.74) is 11.9. The van der Waals surface area contributed by atoms with E-state index in [4.69, 9.17) is 16.2 Å². The highest BCUT2D eigenvalue weighted by Gasteiger charge is 2.21. The van der Waals surface area contributed by atoms with Crippen LogP contribution in [0.5, 0.6) is 0 Å². The van der Waals surface area contributed by atoms with E-state index in [1.807, 2.05) is 30.3 Å². The van der Waals surface area contributed by atoms with E-state index in [0.717, 1.165) is 5.56 Å². The van der Waals surface area contributed by atoms with Crippen molar-refractivity contribution < 1.29 is 9.53 Å². The Morgan fingerprint density at radius 2 is 1.95 bits per heavy atom. The first-order valence-corrected chi connectivity index (χ1v) is 5.89. The molecule has 1 aromatic heterocycles. The summed E-state index contributed by atoms with van der Waals surface area (Å²) in [4.78, 5) is 19.6. The first-order valence-electron chi connectivity index (χ1n) is 5.89. The van der Waals surface area contributed by atoms with Crippen molar-refractivity contribution in [2.75, 3.05) is 23.9 Å². The molecule has 0 aliphatic carbocycles. The van der Waals surface area contributed by atoms with E-state index in [-0.39, 0.29) is 11.8 Å². The second-order valence-corrected chi connectivity index (χ2v) is 4.05. The van der Waals surface area contributed by atoms with Crippen molar-refractivity contribution in [3.63, 3.8) is 0 Å². The van der Waals surface area contributed by atoms with Gasteiger partial charge in [-0.3, -0.25) is 0 Å². The summed E-state index contributed by atoms with van der Waals surface area (Å²) >= 11 is 0. The van der Waals surface area contributed by atoms with E-state index in [0.29, 0.717) is 5.82 Å². The summed E-state index contributed by atoms with van der Waals surface area (Å²) in [5, 5.41) is 2.94. The third kappa shape index (κ3) is 3.14. The number of hydrogen-bond donors (Lipinski definition) is 3. The smallest absolute Gasteiger partial charge is 0.333 e. The molecule has 0 radical (unpaired) electrons. The molecule has 1 unspecified atom stereocenters. The van der Waals surface area contributed by atoms with Gasteiger partial charge in [-0.15, -0.1) is 0 Å². The molecule has 2 aromatic rings. The number of nitrogen functional groups attached to an aromatic ring is 2. The predicted octanol–water partition coefficient (Wildman–Crippen LogP) is 0.967. The predicted molar refractivity (Wildman–Crippen MR) is 75.7 cm³/mol. The van der Waals surface area contributed by atoms with Gasteiger partial charge in [-0.25, -0.2) is 4.79 Å². The maximum Gasteiger partial charge on any atom is 0.333 e. The summed E-state index contributed by atoms with van der Waals surface area (Å²) in [6.07, 6.45) is 0. The number of nitrogens with two attached hydrogens (primary N) is 2. The Morgan fingerprint density at radius 3 is 2.55 bits per heavy atom. The Bertz CT molecular complexity index is 583. The van der Waals surface area contributed by atoms with Crippen molar-refractivity contribution in [1.82, 2.24) is 9.97 Å². The summed E-state index contributed by atoms with van der Waals surface area (Å²) in [7, 11) is 1.32. The molecule has 1 aromatic carbocycles. The molecule has 0 spiro atoms. The van der Waals surface area contributed by atoms with Gasteiger partial charge in [0.1, 0.15) is 11.6 Å². The second-order valence-electron chi connectivity index (χ2n) is 4.05. The fourth-order valence-corrected chi connectivity index (χ4v) is 1.75. The fourth-order valence-electron chi connectivity index (χ4n) is 1.75. The molecule has 7 nitrogen and oxygen atoms in total.